The molecule has 176 valence electrons. The number of ether oxygens (including phenoxy) is 3. The summed E-state index contributed by atoms with van der Waals surface area (Å²) in [6.45, 7) is 4.63. The molecule has 6 fully saturated rings. The van der Waals surface area contributed by atoms with Crippen LogP contribution in [-0.2, 0) is 14.2 Å². The van der Waals surface area contributed by atoms with Crippen LogP contribution in [0, 0.1) is 40.4 Å². The van der Waals surface area contributed by atoms with Crippen LogP contribution in [0.1, 0.15) is 32.6 Å². The average Bonchev–Trinajstić information content (AvgIpc) is 3.16. The lowest BCUT2D eigenvalue weighted by Crippen LogP contribution is -2.76. The largest absolute Gasteiger partial charge is 0.392 e. The predicted molar refractivity (Wildman–Crippen MR) is 112 cm³/mol. The molecule has 6 rings (SSSR count). The maximum Gasteiger partial charge on any atom is 0.0796 e. The zero-order chi connectivity index (χ0) is 21.9. The van der Waals surface area contributed by atoms with Crippen molar-refractivity contribution in [2.75, 3.05) is 41.0 Å². The topological polar surface area (TPSA) is 91.6 Å². The summed E-state index contributed by atoms with van der Waals surface area (Å²) in [5.74, 6) is -0.168. The van der Waals surface area contributed by atoms with Gasteiger partial charge in [-0.3, -0.25) is 4.90 Å². The van der Waals surface area contributed by atoms with Crippen LogP contribution in [0.5, 0.6) is 0 Å². The van der Waals surface area contributed by atoms with Crippen molar-refractivity contribution in [3.8, 4) is 0 Å². The van der Waals surface area contributed by atoms with Crippen molar-refractivity contribution in [3.63, 3.8) is 0 Å². The first-order chi connectivity index (χ1) is 14.9. The molecule has 1 saturated heterocycles. The molecule has 7 heteroatoms. The number of aliphatic hydroxyl groups excluding tert-OH is 2. The number of aliphatic hydroxyl groups is 3. The Morgan fingerprint density at radius 2 is 1.87 bits per heavy atom. The highest BCUT2D eigenvalue weighted by atomic mass is 16.5. The van der Waals surface area contributed by atoms with Gasteiger partial charge in [0.15, 0.2) is 0 Å². The molecule has 13 atom stereocenters. The maximum atomic E-state index is 12.5. The fourth-order valence-corrected chi connectivity index (χ4v) is 10.7. The van der Waals surface area contributed by atoms with Gasteiger partial charge in [0.05, 0.1) is 36.6 Å². The van der Waals surface area contributed by atoms with E-state index in [0.29, 0.717) is 13.0 Å². The number of fused-ring (bicyclic) bond motifs is 2. The van der Waals surface area contributed by atoms with E-state index in [1.807, 2.05) is 0 Å². The summed E-state index contributed by atoms with van der Waals surface area (Å²) in [6.07, 6.45) is 1.65. The number of piperidine rings is 1. The Balaban J connectivity index is 1.62. The minimum atomic E-state index is -1.05. The molecule has 0 amide bonds. The second kappa shape index (κ2) is 6.65. The van der Waals surface area contributed by atoms with E-state index in [1.165, 1.54) is 0 Å². The summed E-state index contributed by atoms with van der Waals surface area (Å²) >= 11 is 0. The van der Waals surface area contributed by atoms with Gasteiger partial charge in [-0.15, -0.1) is 0 Å². The summed E-state index contributed by atoms with van der Waals surface area (Å²) in [5.41, 5.74) is -1.54. The lowest BCUT2D eigenvalue weighted by Gasteiger charge is -2.68. The van der Waals surface area contributed by atoms with Crippen molar-refractivity contribution in [2.24, 2.45) is 40.4 Å². The normalized spacial score (nSPS) is 61.6. The summed E-state index contributed by atoms with van der Waals surface area (Å²) in [7, 11) is 5.24. The monoisotopic (exact) mass is 437 g/mol. The van der Waals surface area contributed by atoms with Crippen LogP contribution in [0.2, 0.25) is 0 Å². The number of methoxy groups -OCH3 is 3. The molecule has 5 saturated carbocycles. The van der Waals surface area contributed by atoms with Crippen molar-refractivity contribution in [2.45, 2.75) is 68.7 Å². The summed E-state index contributed by atoms with van der Waals surface area (Å²) in [4.78, 5) is 2.52. The first kappa shape index (κ1) is 21.3. The van der Waals surface area contributed by atoms with Crippen LogP contribution in [0.15, 0.2) is 0 Å². The number of hydrogen-bond acceptors (Lipinski definition) is 7. The average molecular weight is 438 g/mol. The molecule has 31 heavy (non-hydrogen) atoms. The molecule has 0 radical (unpaired) electrons. The van der Waals surface area contributed by atoms with Crippen molar-refractivity contribution in [1.29, 1.82) is 0 Å². The number of nitrogens with zero attached hydrogens (tertiary/aromatic N) is 1. The number of rotatable bonds is 5. The molecule has 6 unspecified atom stereocenters. The quantitative estimate of drug-likeness (QED) is 0.577. The molecule has 0 aromatic carbocycles. The zero-order valence-electron chi connectivity index (χ0n) is 19.2. The van der Waals surface area contributed by atoms with Crippen LogP contribution in [0.4, 0.5) is 0 Å². The van der Waals surface area contributed by atoms with E-state index in [9.17, 15) is 15.3 Å². The molecule has 1 aliphatic heterocycles. The van der Waals surface area contributed by atoms with Crippen molar-refractivity contribution < 1.29 is 29.5 Å². The number of hydrogen-bond donors (Lipinski definition) is 3. The Kier molecular flexibility index (Phi) is 4.56. The van der Waals surface area contributed by atoms with Crippen molar-refractivity contribution in [1.82, 2.24) is 4.90 Å². The SMILES string of the molecule is CCN1C[C@]2(COC)CC[C@H](O)[C@@]34C5C[C@@H]6C(O)C5[C@](O)(C[C@@H]6OC)[C@H](C(OC)C23)C14. The van der Waals surface area contributed by atoms with E-state index >= 15 is 0 Å². The lowest BCUT2D eigenvalue weighted by atomic mass is 9.43. The molecule has 3 N–H and O–H groups in total. The van der Waals surface area contributed by atoms with Crippen molar-refractivity contribution >= 4 is 0 Å². The van der Waals surface area contributed by atoms with Gasteiger partial charge in [-0.1, -0.05) is 6.92 Å². The Labute approximate surface area is 185 Å². The highest BCUT2D eigenvalue weighted by molar-refractivity contribution is 5.35. The smallest absolute Gasteiger partial charge is 0.0796 e. The third-order valence-electron chi connectivity index (χ3n) is 11.1. The molecule has 7 nitrogen and oxygen atoms in total. The summed E-state index contributed by atoms with van der Waals surface area (Å²) in [6, 6.07) is 0.0561. The Bertz CT molecular complexity index is 752. The van der Waals surface area contributed by atoms with Gasteiger partial charge in [0.25, 0.3) is 0 Å². The molecule has 1 spiro atoms. The van der Waals surface area contributed by atoms with Crippen LogP contribution < -0.4 is 0 Å². The zero-order valence-corrected chi connectivity index (χ0v) is 19.2. The van der Waals surface area contributed by atoms with Gasteiger partial charge < -0.3 is 29.5 Å². The first-order valence-corrected chi connectivity index (χ1v) is 12.2. The predicted octanol–water partition coefficient (Wildman–Crippen LogP) is 0.502. The highest BCUT2D eigenvalue weighted by Gasteiger charge is 2.86. The van der Waals surface area contributed by atoms with Gasteiger partial charge >= 0.3 is 0 Å². The van der Waals surface area contributed by atoms with Crippen LogP contribution in [0.25, 0.3) is 0 Å². The summed E-state index contributed by atoms with van der Waals surface area (Å²) < 4.78 is 18.0. The molecular formula is C24H39NO6. The van der Waals surface area contributed by atoms with Gasteiger partial charge in [0.1, 0.15) is 0 Å². The van der Waals surface area contributed by atoms with E-state index in [1.54, 1.807) is 21.3 Å². The van der Waals surface area contributed by atoms with Gasteiger partial charge in [0.2, 0.25) is 0 Å². The molecular weight excluding hydrogens is 398 g/mol. The van der Waals surface area contributed by atoms with Crippen LogP contribution in [0.3, 0.4) is 0 Å². The van der Waals surface area contributed by atoms with E-state index < -0.39 is 17.8 Å². The van der Waals surface area contributed by atoms with E-state index in [0.717, 1.165) is 32.4 Å². The fourth-order valence-electron chi connectivity index (χ4n) is 10.7. The number of likely N-dealkylation sites (tertiary alicyclic amines) is 1. The van der Waals surface area contributed by atoms with Gasteiger partial charge in [-0.2, -0.15) is 0 Å². The standard InChI is InChI=1S/C24H39NO6/c1-5-25-10-22(11-29-2)7-6-15(26)24-13-8-12-14(30-3)9-23(28,16(13)18(12)27)17(21(24)25)19(31-4)20(22)24/h12-21,26-28H,5-11H2,1-4H3/t12-,13?,14-,15-,16?,17+,18?,19?,20?,21?,22-,23+,24-/m0/s1. The van der Waals surface area contributed by atoms with Crippen LogP contribution >= 0.6 is 0 Å². The van der Waals surface area contributed by atoms with Gasteiger partial charge in [0, 0.05) is 74.8 Å². The van der Waals surface area contributed by atoms with E-state index in [2.05, 4.69) is 11.8 Å². The Morgan fingerprint density at radius 3 is 2.52 bits per heavy atom. The molecule has 6 aliphatic rings. The third-order valence-corrected chi connectivity index (χ3v) is 11.1. The lowest BCUT2D eigenvalue weighted by molar-refractivity contribution is -0.272. The van der Waals surface area contributed by atoms with Gasteiger partial charge in [-0.05, 0) is 31.7 Å². The van der Waals surface area contributed by atoms with Gasteiger partial charge in [-0.25, -0.2) is 0 Å². The second-order valence-electron chi connectivity index (χ2n) is 11.6. The van der Waals surface area contributed by atoms with Crippen molar-refractivity contribution in [3.05, 3.63) is 0 Å². The third kappa shape index (κ3) is 2.12. The minimum absolute atomic E-state index is 0.0248. The van der Waals surface area contributed by atoms with E-state index in [-0.39, 0.29) is 58.7 Å². The maximum absolute atomic E-state index is 12.5. The molecule has 1 heterocycles. The molecule has 5 aliphatic carbocycles. The van der Waals surface area contributed by atoms with Crippen LogP contribution in [-0.4, -0.2) is 97.3 Å². The molecule has 0 aromatic rings. The highest BCUT2D eigenvalue weighted by Crippen LogP contribution is 2.79. The molecule has 7 bridgehead atoms. The second-order valence-corrected chi connectivity index (χ2v) is 11.6. The summed E-state index contributed by atoms with van der Waals surface area (Å²) in [5, 5.41) is 35.7. The first-order valence-electron chi connectivity index (χ1n) is 12.2. The fraction of sp³-hybridized carbons (Fsp3) is 1.00. The Hall–Kier alpha value is -0.280. The van der Waals surface area contributed by atoms with E-state index in [4.69, 9.17) is 14.2 Å². The Morgan fingerprint density at radius 1 is 1.10 bits per heavy atom. The minimum Gasteiger partial charge on any atom is -0.392 e. The molecule has 0 aromatic heterocycles.